The van der Waals surface area contributed by atoms with Crippen molar-refractivity contribution in [1.29, 1.82) is 5.26 Å². The van der Waals surface area contributed by atoms with Crippen molar-refractivity contribution in [3.8, 4) is 6.07 Å². The third kappa shape index (κ3) is 2.15. The van der Waals surface area contributed by atoms with Crippen LogP contribution >= 0.6 is 0 Å². The Morgan fingerprint density at radius 1 is 1.35 bits per heavy atom. The lowest BCUT2D eigenvalue weighted by molar-refractivity contribution is -0.118. The number of carbonyl (C=O) groups excluding carboxylic acids is 1. The van der Waals surface area contributed by atoms with Gasteiger partial charge in [-0.1, -0.05) is 12.5 Å². The number of nitriles is 1. The highest BCUT2D eigenvalue weighted by molar-refractivity contribution is 5.95. The van der Waals surface area contributed by atoms with E-state index in [9.17, 15) is 9.90 Å². The maximum Gasteiger partial charge on any atom is 0.160 e. The fraction of sp³-hybridized carbons (Fsp3) is 0.700. The van der Waals surface area contributed by atoms with Crippen molar-refractivity contribution in [2.24, 2.45) is 23.2 Å². The summed E-state index contributed by atoms with van der Waals surface area (Å²) in [7, 11) is 0. The number of nitrogens with zero attached hydrogens (tertiary/aromatic N) is 1. The van der Waals surface area contributed by atoms with E-state index >= 15 is 0 Å². The number of aliphatic hydroxyl groups is 1. The number of hydrogen-bond acceptors (Lipinski definition) is 3. The van der Waals surface area contributed by atoms with Gasteiger partial charge in [0.05, 0.1) is 12.2 Å². The fourth-order valence-corrected chi connectivity index (χ4v) is 5.85. The molecule has 4 aliphatic rings. The molecule has 4 rings (SSSR count). The van der Waals surface area contributed by atoms with Gasteiger partial charge < -0.3 is 5.11 Å². The molecule has 3 heteroatoms. The van der Waals surface area contributed by atoms with Crippen LogP contribution in [0, 0.1) is 34.5 Å². The van der Waals surface area contributed by atoms with E-state index in [1.165, 1.54) is 11.1 Å². The molecule has 2 saturated carbocycles. The summed E-state index contributed by atoms with van der Waals surface area (Å²) in [6.45, 7) is 2.28. The molecule has 0 aliphatic heterocycles. The van der Waals surface area contributed by atoms with Crippen LogP contribution in [0.25, 0.3) is 0 Å². The van der Waals surface area contributed by atoms with Crippen molar-refractivity contribution >= 4 is 5.78 Å². The molecule has 0 aromatic heterocycles. The normalized spacial score (nSPS) is 42.5. The van der Waals surface area contributed by atoms with Gasteiger partial charge in [0.1, 0.15) is 0 Å². The van der Waals surface area contributed by atoms with E-state index < -0.39 is 0 Å². The van der Waals surface area contributed by atoms with Crippen LogP contribution in [0.4, 0.5) is 0 Å². The standard InChI is InChI=1S/C20H25NO2/c1-20-8-6-14-15(17(20)4-5-19(20)23)3-2-12-11-18(22)13(7-9-21)10-16(12)14/h11,13,15,17,19,23H,2-8,10H2,1H3/t13?,15-,17+,19+,20+/m1/s1. The minimum absolute atomic E-state index is 0.0898. The number of ketones is 1. The summed E-state index contributed by atoms with van der Waals surface area (Å²) in [6, 6.07) is 2.18. The molecule has 5 atom stereocenters. The summed E-state index contributed by atoms with van der Waals surface area (Å²) in [5, 5.41) is 19.4. The van der Waals surface area contributed by atoms with E-state index in [2.05, 4.69) is 13.0 Å². The number of allylic oxidation sites excluding steroid dienone is 4. The van der Waals surface area contributed by atoms with E-state index in [4.69, 9.17) is 5.26 Å². The number of fused-ring (bicyclic) bond motifs is 4. The number of carbonyl (C=O) groups is 1. The van der Waals surface area contributed by atoms with Gasteiger partial charge in [-0.2, -0.15) is 5.26 Å². The first-order valence-electron chi connectivity index (χ1n) is 9.06. The zero-order valence-electron chi connectivity index (χ0n) is 13.8. The molecule has 0 saturated heterocycles. The number of aliphatic hydroxyl groups excluding tert-OH is 1. The summed E-state index contributed by atoms with van der Waals surface area (Å²) >= 11 is 0. The smallest absolute Gasteiger partial charge is 0.160 e. The molecular formula is C20H25NO2. The Bertz CT molecular complexity index is 653. The largest absolute Gasteiger partial charge is 0.393 e. The highest BCUT2D eigenvalue weighted by Gasteiger charge is 2.53. The van der Waals surface area contributed by atoms with Crippen molar-refractivity contribution in [3.05, 3.63) is 22.8 Å². The first-order chi connectivity index (χ1) is 11.0. The Morgan fingerprint density at radius 3 is 2.96 bits per heavy atom. The maximum absolute atomic E-state index is 12.2. The second kappa shape index (κ2) is 5.31. The number of hydrogen-bond donors (Lipinski definition) is 1. The molecule has 0 heterocycles. The Hall–Kier alpha value is -1.40. The third-order valence-corrected chi connectivity index (χ3v) is 7.23. The lowest BCUT2D eigenvalue weighted by atomic mass is 9.57. The molecule has 0 bridgehead atoms. The van der Waals surface area contributed by atoms with Gasteiger partial charge >= 0.3 is 0 Å². The zero-order chi connectivity index (χ0) is 16.2. The van der Waals surface area contributed by atoms with E-state index in [0.29, 0.717) is 18.3 Å². The van der Waals surface area contributed by atoms with Gasteiger partial charge in [-0.05, 0) is 79.4 Å². The maximum atomic E-state index is 12.2. The van der Waals surface area contributed by atoms with Crippen LogP contribution in [0.5, 0.6) is 0 Å². The molecule has 0 radical (unpaired) electrons. The first-order valence-corrected chi connectivity index (χ1v) is 9.06. The lowest BCUT2D eigenvalue weighted by Gasteiger charge is -2.48. The average Bonchev–Trinajstić information content (AvgIpc) is 2.84. The molecule has 122 valence electrons. The summed E-state index contributed by atoms with van der Waals surface area (Å²) < 4.78 is 0. The SMILES string of the molecule is C[C@]12CCC3=C4CC(CC#N)C(=O)C=C4CC[C@H]3[C@@H]1CC[C@@H]2O. The van der Waals surface area contributed by atoms with Crippen LogP contribution < -0.4 is 0 Å². The quantitative estimate of drug-likeness (QED) is 0.803. The van der Waals surface area contributed by atoms with Gasteiger partial charge in [-0.3, -0.25) is 4.79 Å². The molecular weight excluding hydrogens is 286 g/mol. The summed E-state index contributed by atoms with van der Waals surface area (Å²) in [5.41, 5.74) is 4.31. The fourth-order valence-electron chi connectivity index (χ4n) is 5.85. The van der Waals surface area contributed by atoms with Crippen LogP contribution in [0.3, 0.4) is 0 Å². The minimum Gasteiger partial charge on any atom is -0.393 e. The third-order valence-electron chi connectivity index (χ3n) is 7.23. The monoisotopic (exact) mass is 311 g/mol. The molecule has 4 aliphatic carbocycles. The average molecular weight is 311 g/mol. The predicted octanol–water partition coefficient (Wildman–Crippen LogP) is 3.69. The Labute approximate surface area is 138 Å². The van der Waals surface area contributed by atoms with Crippen molar-refractivity contribution < 1.29 is 9.90 Å². The second-order valence-electron chi connectivity index (χ2n) is 8.19. The van der Waals surface area contributed by atoms with Crippen molar-refractivity contribution in [2.45, 2.75) is 64.4 Å². The highest BCUT2D eigenvalue weighted by Crippen LogP contribution is 2.60. The van der Waals surface area contributed by atoms with E-state index in [-0.39, 0.29) is 23.2 Å². The molecule has 0 spiro atoms. The lowest BCUT2D eigenvalue weighted by Crippen LogP contribution is -2.42. The van der Waals surface area contributed by atoms with E-state index in [1.807, 2.05) is 6.08 Å². The van der Waals surface area contributed by atoms with Gasteiger partial charge in [0.15, 0.2) is 5.78 Å². The van der Waals surface area contributed by atoms with Gasteiger partial charge in [0, 0.05) is 12.3 Å². The van der Waals surface area contributed by atoms with E-state index in [1.54, 1.807) is 5.57 Å². The molecule has 1 unspecified atom stereocenters. The summed E-state index contributed by atoms with van der Waals surface area (Å²) in [4.78, 5) is 12.2. The van der Waals surface area contributed by atoms with E-state index in [0.717, 1.165) is 44.9 Å². The molecule has 0 amide bonds. The molecule has 0 aromatic rings. The molecule has 0 aromatic carbocycles. The Balaban J connectivity index is 1.71. The van der Waals surface area contributed by atoms with Crippen molar-refractivity contribution in [3.63, 3.8) is 0 Å². The van der Waals surface area contributed by atoms with Gasteiger partial charge in [0.2, 0.25) is 0 Å². The second-order valence-corrected chi connectivity index (χ2v) is 8.19. The Kier molecular flexibility index (Phi) is 3.50. The first kappa shape index (κ1) is 15.1. The van der Waals surface area contributed by atoms with Crippen molar-refractivity contribution in [1.82, 2.24) is 0 Å². The van der Waals surface area contributed by atoms with Crippen LogP contribution in [-0.4, -0.2) is 17.0 Å². The van der Waals surface area contributed by atoms with Crippen LogP contribution in [-0.2, 0) is 4.79 Å². The molecule has 2 fully saturated rings. The summed E-state index contributed by atoms with van der Waals surface area (Å²) in [5.74, 6) is 1.21. The summed E-state index contributed by atoms with van der Waals surface area (Å²) in [6.07, 6.45) is 9.15. The molecule has 1 N–H and O–H groups in total. The zero-order valence-corrected chi connectivity index (χ0v) is 13.8. The molecule has 3 nitrogen and oxygen atoms in total. The predicted molar refractivity (Wildman–Crippen MR) is 87.2 cm³/mol. The van der Waals surface area contributed by atoms with Crippen LogP contribution in [0.15, 0.2) is 22.8 Å². The van der Waals surface area contributed by atoms with Gasteiger partial charge in [0.25, 0.3) is 0 Å². The highest BCUT2D eigenvalue weighted by atomic mass is 16.3. The van der Waals surface area contributed by atoms with Crippen LogP contribution in [0.1, 0.15) is 58.3 Å². The van der Waals surface area contributed by atoms with Crippen LogP contribution in [0.2, 0.25) is 0 Å². The van der Waals surface area contributed by atoms with Crippen molar-refractivity contribution in [2.75, 3.05) is 0 Å². The van der Waals surface area contributed by atoms with Gasteiger partial charge in [-0.15, -0.1) is 0 Å². The topological polar surface area (TPSA) is 61.1 Å². The van der Waals surface area contributed by atoms with Gasteiger partial charge in [-0.25, -0.2) is 0 Å². The number of rotatable bonds is 1. The Morgan fingerprint density at radius 2 is 2.17 bits per heavy atom. The minimum atomic E-state index is -0.143. The molecule has 23 heavy (non-hydrogen) atoms.